The maximum absolute atomic E-state index is 12.0. The molecule has 20 heavy (non-hydrogen) atoms. The minimum absolute atomic E-state index is 0.0685. The highest BCUT2D eigenvalue weighted by Crippen LogP contribution is 2.45. The minimum atomic E-state index is -0.530. The van der Waals surface area contributed by atoms with Crippen molar-refractivity contribution in [1.82, 2.24) is 0 Å². The highest BCUT2D eigenvalue weighted by molar-refractivity contribution is 5.97. The first-order valence-corrected chi connectivity index (χ1v) is 6.81. The van der Waals surface area contributed by atoms with Gasteiger partial charge in [0, 0.05) is 5.69 Å². The van der Waals surface area contributed by atoms with Crippen LogP contribution in [-0.4, -0.2) is 17.6 Å². The molecule has 0 radical (unpaired) electrons. The van der Waals surface area contributed by atoms with Gasteiger partial charge in [-0.2, -0.15) is 0 Å². The standard InChI is InChI=1S/C17H17NO2/c19-12-17(10-11-17)16(20)18-15-8-6-14(7-9-15)13-4-2-1-3-5-13/h1-9,19H,10-12H2,(H,18,20). The molecule has 3 heteroatoms. The van der Waals surface area contributed by atoms with Gasteiger partial charge in [-0.25, -0.2) is 0 Å². The molecule has 2 aromatic carbocycles. The summed E-state index contributed by atoms with van der Waals surface area (Å²) >= 11 is 0. The van der Waals surface area contributed by atoms with Crippen molar-refractivity contribution in [3.63, 3.8) is 0 Å². The fraction of sp³-hybridized carbons (Fsp3) is 0.235. The van der Waals surface area contributed by atoms with Gasteiger partial charge in [0.2, 0.25) is 5.91 Å². The van der Waals surface area contributed by atoms with Crippen LogP contribution in [0.5, 0.6) is 0 Å². The molecule has 2 aromatic rings. The van der Waals surface area contributed by atoms with Gasteiger partial charge in [0.15, 0.2) is 0 Å². The Bertz CT molecular complexity index is 601. The average molecular weight is 267 g/mol. The quantitative estimate of drug-likeness (QED) is 0.894. The lowest BCUT2D eigenvalue weighted by Crippen LogP contribution is -2.27. The monoisotopic (exact) mass is 267 g/mol. The van der Waals surface area contributed by atoms with Crippen molar-refractivity contribution in [3.8, 4) is 11.1 Å². The molecule has 0 aliphatic heterocycles. The largest absolute Gasteiger partial charge is 0.395 e. The molecule has 3 rings (SSSR count). The Morgan fingerprint density at radius 3 is 2.15 bits per heavy atom. The second-order valence-electron chi connectivity index (χ2n) is 5.34. The normalized spacial score (nSPS) is 15.7. The van der Waals surface area contributed by atoms with Gasteiger partial charge in [-0.05, 0) is 36.1 Å². The number of hydrogen-bond donors (Lipinski definition) is 2. The lowest BCUT2D eigenvalue weighted by molar-refractivity contribution is -0.122. The number of benzene rings is 2. The molecule has 1 aliphatic rings. The summed E-state index contributed by atoms with van der Waals surface area (Å²) < 4.78 is 0. The molecule has 0 spiro atoms. The second kappa shape index (κ2) is 5.10. The molecular formula is C17H17NO2. The minimum Gasteiger partial charge on any atom is -0.395 e. The van der Waals surface area contributed by atoms with E-state index in [2.05, 4.69) is 17.4 Å². The number of carbonyl (C=O) groups excluding carboxylic acids is 1. The molecule has 1 saturated carbocycles. The molecule has 2 N–H and O–H groups in total. The fourth-order valence-electron chi connectivity index (χ4n) is 2.25. The van der Waals surface area contributed by atoms with Crippen molar-refractivity contribution in [2.75, 3.05) is 11.9 Å². The lowest BCUT2D eigenvalue weighted by Gasteiger charge is -2.12. The number of aliphatic hydroxyl groups excluding tert-OH is 1. The van der Waals surface area contributed by atoms with Crippen molar-refractivity contribution < 1.29 is 9.90 Å². The van der Waals surface area contributed by atoms with Crippen LogP contribution in [0.25, 0.3) is 11.1 Å². The number of anilines is 1. The summed E-state index contributed by atoms with van der Waals surface area (Å²) in [5, 5.41) is 12.1. The number of rotatable bonds is 4. The first kappa shape index (κ1) is 12.9. The summed E-state index contributed by atoms with van der Waals surface area (Å²) in [6, 6.07) is 17.9. The van der Waals surface area contributed by atoms with Crippen molar-refractivity contribution in [3.05, 3.63) is 54.6 Å². The van der Waals surface area contributed by atoms with E-state index in [0.29, 0.717) is 0 Å². The van der Waals surface area contributed by atoms with Crippen LogP contribution in [0.1, 0.15) is 12.8 Å². The van der Waals surface area contributed by atoms with Crippen LogP contribution in [0, 0.1) is 5.41 Å². The zero-order chi connectivity index (χ0) is 14.0. The van der Waals surface area contributed by atoms with Gasteiger partial charge in [-0.15, -0.1) is 0 Å². The van der Waals surface area contributed by atoms with Crippen LogP contribution in [0.2, 0.25) is 0 Å². The molecular weight excluding hydrogens is 250 g/mol. The van der Waals surface area contributed by atoms with E-state index < -0.39 is 5.41 Å². The van der Waals surface area contributed by atoms with Crippen molar-refractivity contribution in [2.45, 2.75) is 12.8 Å². The van der Waals surface area contributed by atoms with E-state index in [1.165, 1.54) is 0 Å². The zero-order valence-electron chi connectivity index (χ0n) is 11.2. The van der Waals surface area contributed by atoms with Gasteiger partial charge in [-0.1, -0.05) is 42.5 Å². The third-order valence-electron chi connectivity index (χ3n) is 3.89. The SMILES string of the molecule is O=C(Nc1ccc(-c2ccccc2)cc1)C1(CO)CC1. The van der Waals surface area contributed by atoms with Gasteiger partial charge in [0.05, 0.1) is 12.0 Å². The van der Waals surface area contributed by atoms with Crippen LogP contribution in [-0.2, 0) is 4.79 Å². The Morgan fingerprint density at radius 1 is 1.00 bits per heavy atom. The van der Waals surface area contributed by atoms with Gasteiger partial charge in [0.1, 0.15) is 0 Å². The fourth-order valence-corrected chi connectivity index (χ4v) is 2.25. The molecule has 0 heterocycles. The summed E-state index contributed by atoms with van der Waals surface area (Å²) in [4.78, 5) is 12.0. The zero-order valence-corrected chi connectivity index (χ0v) is 11.2. The molecule has 1 amide bonds. The van der Waals surface area contributed by atoms with Crippen molar-refractivity contribution >= 4 is 11.6 Å². The molecule has 102 valence electrons. The summed E-state index contributed by atoms with van der Waals surface area (Å²) in [6.07, 6.45) is 1.55. The third kappa shape index (κ3) is 2.45. The third-order valence-corrected chi connectivity index (χ3v) is 3.89. The summed E-state index contributed by atoms with van der Waals surface area (Å²) in [5.41, 5.74) is 2.51. The number of hydrogen-bond acceptors (Lipinski definition) is 2. The van der Waals surface area contributed by atoms with Crippen LogP contribution < -0.4 is 5.32 Å². The number of carbonyl (C=O) groups is 1. The number of aliphatic hydroxyl groups is 1. The number of amides is 1. The molecule has 0 aromatic heterocycles. The van der Waals surface area contributed by atoms with Crippen LogP contribution >= 0.6 is 0 Å². The Morgan fingerprint density at radius 2 is 1.60 bits per heavy atom. The predicted molar refractivity (Wildman–Crippen MR) is 79.3 cm³/mol. The molecule has 1 fully saturated rings. The lowest BCUT2D eigenvalue weighted by atomic mass is 10.0. The molecule has 0 unspecified atom stereocenters. The van der Waals surface area contributed by atoms with Crippen molar-refractivity contribution in [2.24, 2.45) is 5.41 Å². The van der Waals surface area contributed by atoms with Gasteiger partial charge in [0.25, 0.3) is 0 Å². The van der Waals surface area contributed by atoms with Gasteiger partial charge >= 0.3 is 0 Å². The molecule has 0 bridgehead atoms. The Labute approximate surface area is 118 Å². The van der Waals surface area contributed by atoms with Crippen molar-refractivity contribution in [1.29, 1.82) is 0 Å². The van der Waals surface area contributed by atoms with E-state index in [4.69, 9.17) is 0 Å². The molecule has 0 saturated heterocycles. The van der Waals surface area contributed by atoms with E-state index >= 15 is 0 Å². The molecule has 1 aliphatic carbocycles. The predicted octanol–water partition coefficient (Wildman–Crippen LogP) is 3.06. The maximum Gasteiger partial charge on any atom is 0.232 e. The van der Waals surface area contributed by atoms with Crippen LogP contribution in [0.15, 0.2) is 54.6 Å². The summed E-state index contributed by atoms with van der Waals surface area (Å²) in [5.74, 6) is -0.0764. The first-order chi connectivity index (χ1) is 9.73. The highest BCUT2D eigenvalue weighted by atomic mass is 16.3. The molecule has 0 atom stereocenters. The van der Waals surface area contributed by atoms with Crippen LogP contribution in [0.4, 0.5) is 5.69 Å². The second-order valence-corrected chi connectivity index (χ2v) is 5.34. The smallest absolute Gasteiger partial charge is 0.232 e. The van der Waals surface area contributed by atoms with E-state index in [9.17, 15) is 9.90 Å². The summed E-state index contributed by atoms with van der Waals surface area (Å²) in [7, 11) is 0. The van der Waals surface area contributed by atoms with Gasteiger partial charge in [-0.3, -0.25) is 4.79 Å². The molecule has 3 nitrogen and oxygen atoms in total. The Hall–Kier alpha value is -2.13. The Balaban J connectivity index is 1.72. The maximum atomic E-state index is 12.0. The van der Waals surface area contributed by atoms with Gasteiger partial charge < -0.3 is 10.4 Å². The van der Waals surface area contributed by atoms with E-state index in [1.54, 1.807) is 0 Å². The number of nitrogens with one attached hydrogen (secondary N) is 1. The highest BCUT2D eigenvalue weighted by Gasteiger charge is 2.49. The Kier molecular flexibility index (Phi) is 3.28. The first-order valence-electron chi connectivity index (χ1n) is 6.81. The average Bonchev–Trinajstić information content (AvgIpc) is 3.30. The van der Waals surface area contributed by atoms with E-state index in [-0.39, 0.29) is 12.5 Å². The summed E-state index contributed by atoms with van der Waals surface area (Å²) in [6.45, 7) is -0.0685. The van der Waals surface area contributed by atoms with Crippen LogP contribution in [0.3, 0.4) is 0 Å². The van der Waals surface area contributed by atoms with E-state index in [1.807, 2.05) is 42.5 Å². The van der Waals surface area contributed by atoms with E-state index in [0.717, 1.165) is 29.7 Å². The topological polar surface area (TPSA) is 49.3 Å².